The Morgan fingerprint density at radius 2 is 2.10 bits per heavy atom. The van der Waals surface area contributed by atoms with Gasteiger partial charge in [0, 0.05) is 15.7 Å². The fraction of sp³-hybridized carbons (Fsp3) is 0.176. The number of ether oxygens (including phenoxy) is 1. The van der Waals surface area contributed by atoms with Gasteiger partial charge in [-0.25, -0.2) is 9.89 Å². The predicted molar refractivity (Wildman–Crippen MR) is 107 cm³/mol. The third-order valence-corrected chi connectivity index (χ3v) is 4.51. The smallest absolute Gasteiger partial charge is 0.349 e. The zero-order valence-corrected chi connectivity index (χ0v) is 16.8. The molecule has 3 aromatic rings. The second-order valence-electron chi connectivity index (χ2n) is 5.68. The van der Waals surface area contributed by atoms with Crippen LogP contribution in [-0.2, 0) is 0 Å². The number of nitrogens with zero attached hydrogens (tertiary/aromatic N) is 4. The van der Waals surface area contributed by atoms with Crippen molar-refractivity contribution in [1.29, 1.82) is 5.26 Å². The molecule has 10 nitrogen and oxygen atoms in total. The molecule has 0 aliphatic heterocycles. The van der Waals surface area contributed by atoms with Crippen molar-refractivity contribution in [3.8, 4) is 23.4 Å². The second-order valence-corrected chi connectivity index (χ2v) is 6.95. The maximum absolute atomic E-state index is 12.1. The van der Waals surface area contributed by atoms with Crippen LogP contribution < -0.4 is 21.5 Å². The Kier molecular flexibility index (Phi) is 4.62. The monoisotopic (exact) mass is 481 g/mol. The molecule has 3 rings (SSSR count). The van der Waals surface area contributed by atoms with Gasteiger partial charge in [-0.05, 0) is 34.0 Å². The Morgan fingerprint density at radius 1 is 1.34 bits per heavy atom. The minimum atomic E-state index is -2.41. The van der Waals surface area contributed by atoms with E-state index in [0.29, 0.717) is 0 Å². The fourth-order valence-electron chi connectivity index (χ4n) is 2.29. The third-order valence-electron chi connectivity index (χ3n) is 3.64. The molecule has 0 saturated carbocycles. The highest BCUT2D eigenvalue weighted by atomic mass is 79.9. The van der Waals surface area contributed by atoms with Gasteiger partial charge >= 0.3 is 5.69 Å². The van der Waals surface area contributed by atoms with Crippen LogP contribution in [0, 0.1) is 11.3 Å². The highest BCUT2D eigenvalue weighted by Gasteiger charge is 2.16. The largest absolute Gasteiger partial charge is 0.435 e. The molecular formula is C17H12BrClN6O4. The molecular weight excluding hydrogens is 468 g/mol. The maximum Gasteiger partial charge on any atom is 0.349 e. The maximum atomic E-state index is 12.1. The number of hydrogen-bond donors (Lipinski definition) is 2. The summed E-state index contributed by atoms with van der Waals surface area (Å²) in [6.07, 6.45) is 0. The van der Waals surface area contributed by atoms with Gasteiger partial charge in [-0.2, -0.15) is 9.94 Å². The summed E-state index contributed by atoms with van der Waals surface area (Å²) < 4.78 is 29.2. The lowest BCUT2D eigenvalue weighted by atomic mass is 10.1. The number of aromatic amines is 2. The van der Waals surface area contributed by atoms with Crippen molar-refractivity contribution in [3.05, 3.63) is 70.1 Å². The lowest BCUT2D eigenvalue weighted by Gasteiger charge is -2.12. The topological polar surface area (TPSA) is 147 Å². The van der Waals surface area contributed by atoms with Crippen LogP contribution in [0.2, 0.25) is 5.02 Å². The Balaban J connectivity index is 2.03. The van der Waals surface area contributed by atoms with E-state index in [1.165, 1.54) is 25.1 Å². The molecule has 1 atom stereocenters. The highest BCUT2D eigenvalue weighted by molar-refractivity contribution is 9.10. The van der Waals surface area contributed by atoms with E-state index in [2.05, 4.69) is 31.2 Å². The van der Waals surface area contributed by atoms with E-state index in [0.717, 1.165) is 4.68 Å². The summed E-state index contributed by atoms with van der Waals surface area (Å²) in [5, 5.41) is 18.6. The van der Waals surface area contributed by atoms with Crippen LogP contribution in [0.3, 0.4) is 0 Å². The summed E-state index contributed by atoms with van der Waals surface area (Å²) >= 11 is 9.51. The Labute approximate surface area is 180 Å². The second kappa shape index (κ2) is 8.02. The fourth-order valence-corrected chi connectivity index (χ4v) is 3.19. The van der Waals surface area contributed by atoms with Gasteiger partial charge in [-0.3, -0.25) is 14.6 Å². The summed E-state index contributed by atoms with van der Waals surface area (Å²) in [6, 6.07) is 5.43. The molecule has 0 amide bonds. The molecule has 2 N–H and O–H groups in total. The first-order chi connectivity index (χ1) is 14.9. The zero-order valence-electron chi connectivity index (χ0n) is 17.5. The number of benzene rings is 1. The molecule has 2 aromatic heterocycles. The number of halogens is 2. The van der Waals surface area contributed by atoms with Crippen molar-refractivity contribution >= 4 is 27.5 Å². The van der Waals surface area contributed by atoms with Gasteiger partial charge in [0.1, 0.15) is 6.07 Å². The molecule has 12 heteroatoms. The highest BCUT2D eigenvalue weighted by Crippen LogP contribution is 2.37. The first-order valence-electron chi connectivity index (χ1n) is 9.33. The number of rotatable bonds is 4. The standard InChI is InChI=1S/C17H12BrClN6O4/c1-7(2)9-5-13(22-23-15(9)26)29-14-10(18)3-8(4-11(14)19)25-17(28)21-16(27)12(6-20)24-25/h3-5,7H,1-2H3,(H,23,26)(H,21,27,28)/i1D3. The Bertz CT molecular complexity index is 1400. The number of H-pyrrole nitrogens is 2. The van der Waals surface area contributed by atoms with Crippen LogP contribution in [0.4, 0.5) is 0 Å². The van der Waals surface area contributed by atoms with Crippen LogP contribution in [-0.4, -0.2) is 25.0 Å². The van der Waals surface area contributed by atoms with Crippen molar-refractivity contribution in [3.63, 3.8) is 0 Å². The summed E-state index contributed by atoms with van der Waals surface area (Å²) in [6.45, 7) is -1.03. The molecule has 2 heterocycles. The average Bonchev–Trinajstić information content (AvgIpc) is 2.70. The SMILES string of the molecule is [2H]C([2H])([2H])C(C)c1cc(Oc2c(Cl)cc(-n3nc(C#N)c(=O)[nH]c3=O)cc2Br)n[nH]c1=O. The summed E-state index contributed by atoms with van der Waals surface area (Å²) in [5.74, 6) is -1.16. The minimum absolute atomic E-state index is 0.0220. The number of aromatic nitrogens is 5. The van der Waals surface area contributed by atoms with Crippen LogP contribution >= 0.6 is 27.5 Å². The van der Waals surface area contributed by atoms with Crippen molar-refractivity contribution < 1.29 is 8.85 Å². The molecule has 0 saturated heterocycles. The van der Waals surface area contributed by atoms with E-state index in [1.54, 1.807) is 6.07 Å². The Morgan fingerprint density at radius 3 is 2.76 bits per heavy atom. The number of nitriles is 1. The van der Waals surface area contributed by atoms with Gasteiger partial charge < -0.3 is 4.74 Å². The lowest BCUT2D eigenvalue weighted by Crippen LogP contribution is -2.33. The van der Waals surface area contributed by atoms with E-state index in [-0.39, 0.29) is 32.4 Å². The summed E-state index contributed by atoms with van der Waals surface area (Å²) in [4.78, 5) is 37.6. The quantitative estimate of drug-likeness (QED) is 0.579. The van der Waals surface area contributed by atoms with E-state index in [9.17, 15) is 14.4 Å². The number of hydrogen-bond acceptors (Lipinski definition) is 7. The molecule has 1 aromatic carbocycles. The van der Waals surface area contributed by atoms with Crippen LogP contribution in [0.25, 0.3) is 5.69 Å². The van der Waals surface area contributed by atoms with E-state index in [1.807, 2.05) is 4.98 Å². The van der Waals surface area contributed by atoms with Crippen molar-refractivity contribution in [1.82, 2.24) is 25.0 Å². The molecule has 0 fully saturated rings. The van der Waals surface area contributed by atoms with E-state index >= 15 is 0 Å². The molecule has 0 bridgehead atoms. The minimum Gasteiger partial charge on any atom is -0.435 e. The normalized spacial score (nSPS) is 13.7. The first kappa shape index (κ1) is 16.7. The molecule has 148 valence electrons. The average molecular weight is 483 g/mol. The predicted octanol–water partition coefficient (Wildman–Crippen LogP) is 2.21. The third kappa shape index (κ3) is 4.13. The zero-order chi connectivity index (χ0) is 23.8. The number of nitrogens with one attached hydrogen (secondary N) is 2. The van der Waals surface area contributed by atoms with Gasteiger partial charge in [0.25, 0.3) is 11.1 Å². The van der Waals surface area contributed by atoms with Gasteiger partial charge in [0.15, 0.2) is 5.75 Å². The lowest BCUT2D eigenvalue weighted by molar-refractivity contribution is 0.449. The molecule has 0 radical (unpaired) electrons. The summed E-state index contributed by atoms with van der Waals surface area (Å²) in [5.41, 5.74) is -2.95. The van der Waals surface area contributed by atoms with E-state index < -0.39 is 35.3 Å². The summed E-state index contributed by atoms with van der Waals surface area (Å²) in [7, 11) is 0. The van der Waals surface area contributed by atoms with Crippen LogP contribution in [0.1, 0.15) is 35.1 Å². The van der Waals surface area contributed by atoms with Gasteiger partial charge in [0.2, 0.25) is 11.6 Å². The molecule has 0 aliphatic rings. The van der Waals surface area contributed by atoms with Crippen molar-refractivity contribution in [2.24, 2.45) is 0 Å². The van der Waals surface area contributed by atoms with Gasteiger partial charge in [0.05, 0.1) is 15.2 Å². The first-order valence-corrected chi connectivity index (χ1v) is 9.00. The molecule has 0 spiro atoms. The Hall–Kier alpha value is -3.23. The molecule has 1 unspecified atom stereocenters. The molecule has 29 heavy (non-hydrogen) atoms. The molecule has 0 aliphatic carbocycles. The van der Waals surface area contributed by atoms with Gasteiger partial charge in [-0.15, -0.1) is 10.2 Å². The van der Waals surface area contributed by atoms with Crippen molar-refractivity contribution in [2.45, 2.75) is 19.7 Å². The van der Waals surface area contributed by atoms with Crippen molar-refractivity contribution in [2.75, 3.05) is 0 Å². The van der Waals surface area contributed by atoms with E-state index in [4.69, 9.17) is 25.7 Å². The van der Waals surface area contributed by atoms with Crippen LogP contribution in [0.5, 0.6) is 11.6 Å². The van der Waals surface area contributed by atoms with Gasteiger partial charge in [-0.1, -0.05) is 25.4 Å². The van der Waals surface area contributed by atoms with Crippen LogP contribution in [0.15, 0.2) is 37.1 Å².